The highest BCUT2D eigenvalue weighted by molar-refractivity contribution is 6.12. The fraction of sp³-hybridized carbons (Fsp3) is 0. The Morgan fingerprint density at radius 1 is 0.423 bits per heavy atom. The average molecular weight is 358 g/mol. The number of carboxylic acid groups (broad SMARTS) is 4. The maximum Gasteiger partial charge on any atom is 0.335 e. The van der Waals surface area contributed by atoms with E-state index in [2.05, 4.69) is 0 Å². The van der Waals surface area contributed by atoms with Crippen LogP contribution in [0.1, 0.15) is 57.4 Å². The maximum absolute atomic E-state index is 12.6. The highest BCUT2D eigenvalue weighted by Gasteiger charge is 2.20. The van der Waals surface area contributed by atoms with E-state index in [4.69, 9.17) is 20.4 Å². The van der Waals surface area contributed by atoms with Crippen molar-refractivity contribution in [3.05, 3.63) is 69.8 Å². The number of hydrogen-bond acceptors (Lipinski definition) is 5. The molecule has 2 aromatic carbocycles. The summed E-state index contributed by atoms with van der Waals surface area (Å²) in [7, 11) is 0. The quantitative estimate of drug-likeness (QED) is 0.562. The summed E-state index contributed by atoms with van der Waals surface area (Å²) < 4.78 is 0. The number of benzene rings is 2. The maximum atomic E-state index is 12.6. The van der Waals surface area contributed by atoms with Crippen LogP contribution in [0.3, 0.4) is 0 Å². The molecule has 2 rings (SSSR count). The molecule has 0 radical (unpaired) electrons. The number of carbonyl (C=O) groups is 5. The molecule has 0 heterocycles. The Labute approximate surface area is 144 Å². The van der Waals surface area contributed by atoms with Crippen molar-refractivity contribution in [2.75, 3.05) is 0 Å². The molecule has 4 N–H and O–H groups in total. The highest BCUT2D eigenvalue weighted by Crippen LogP contribution is 2.18. The molecule has 0 saturated carbocycles. The van der Waals surface area contributed by atoms with E-state index >= 15 is 0 Å². The molecule has 0 unspecified atom stereocenters. The third-order valence-electron chi connectivity index (χ3n) is 3.38. The van der Waals surface area contributed by atoms with Crippen molar-refractivity contribution in [3.8, 4) is 0 Å². The van der Waals surface area contributed by atoms with Crippen LogP contribution in [0.15, 0.2) is 36.4 Å². The molecule has 9 nitrogen and oxygen atoms in total. The van der Waals surface area contributed by atoms with Crippen molar-refractivity contribution >= 4 is 29.7 Å². The fourth-order valence-corrected chi connectivity index (χ4v) is 2.18. The number of hydrogen-bond donors (Lipinski definition) is 4. The Morgan fingerprint density at radius 3 is 0.808 bits per heavy atom. The molecular formula is C17H10O9. The summed E-state index contributed by atoms with van der Waals surface area (Å²) in [4.78, 5) is 57.0. The van der Waals surface area contributed by atoms with Crippen LogP contribution in [0, 0.1) is 0 Å². The van der Waals surface area contributed by atoms with Gasteiger partial charge < -0.3 is 20.4 Å². The zero-order valence-electron chi connectivity index (χ0n) is 12.8. The van der Waals surface area contributed by atoms with Crippen molar-refractivity contribution in [3.63, 3.8) is 0 Å². The van der Waals surface area contributed by atoms with Crippen LogP contribution in [-0.2, 0) is 0 Å². The highest BCUT2D eigenvalue weighted by atomic mass is 16.4. The second-order valence-electron chi connectivity index (χ2n) is 5.15. The third kappa shape index (κ3) is 3.73. The lowest BCUT2D eigenvalue weighted by Crippen LogP contribution is -2.11. The predicted octanol–water partition coefficient (Wildman–Crippen LogP) is 1.71. The summed E-state index contributed by atoms with van der Waals surface area (Å²) in [6, 6.07) is 5.40. The van der Waals surface area contributed by atoms with Gasteiger partial charge in [-0.3, -0.25) is 4.79 Å². The van der Waals surface area contributed by atoms with E-state index in [-0.39, 0.29) is 11.1 Å². The summed E-state index contributed by atoms with van der Waals surface area (Å²) in [6.07, 6.45) is 0. The molecular weight excluding hydrogens is 348 g/mol. The van der Waals surface area contributed by atoms with Gasteiger partial charge >= 0.3 is 23.9 Å². The lowest BCUT2D eigenvalue weighted by Gasteiger charge is -2.07. The zero-order valence-corrected chi connectivity index (χ0v) is 12.8. The summed E-state index contributed by atoms with van der Waals surface area (Å²) in [6.45, 7) is 0. The van der Waals surface area contributed by atoms with Crippen molar-refractivity contribution < 1.29 is 44.4 Å². The van der Waals surface area contributed by atoms with Crippen LogP contribution in [0.5, 0.6) is 0 Å². The molecule has 132 valence electrons. The van der Waals surface area contributed by atoms with Gasteiger partial charge in [0.05, 0.1) is 22.3 Å². The summed E-state index contributed by atoms with van der Waals surface area (Å²) in [5.74, 6) is -6.78. The lowest BCUT2D eigenvalue weighted by atomic mass is 9.96. The van der Waals surface area contributed by atoms with Gasteiger partial charge in [-0.15, -0.1) is 0 Å². The van der Waals surface area contributed by atoms with Crippen molar-refractivity contribution in [2.24, 2.45) is 0 Å². The minimum atomic E-state index is -1.47. The predicted molar refractivity (Wildman–Crippen MR) is 84.2 cm³/mol. The molecule has 0 aromatic heterocycles. The van der Waals surface area contributed by atoms with Gasteiger partial charge in [0.2, 0.25) is 0 Å². The molecule has 0 aliphatic rings. The molecule has 9 heteroatoms. The van der Waals surface area contributed by atoms with Gasteiger partial charge in [0, 0.05) is 11.1 Å². The molecule has 2 aromatic rings. The van der Waals surface area contributed by atoms with Crippen molar-refractivity contribution in [1.29, 1.82) is 0 Å². The van der Waals surface area contributed by atoms with Gasteiger partial charge in [-0.05, 0) is 36.4 Å². The van der Waals surface area contributed by atoms with E-state index in [1.165, 1.54) is 0 Å². The first kappa shape index (κ1) is 18.3. The minimum absolute atomic E-state index is 0.332. The van der Waals surface area contributed by atoms with Gasteiger partial charge in [0.15, 0.2) is 5.78 Å². The number of aromatic carboxylic acids is 4. The second kappa shape index (κ2) is 6.85. The molecule has 0 fully saturated rings. The molecule has 0 atom stereocenters. The van der Waals surface area contributed by atoms with E-state index in [0.717, 1.165) is 36.4 Å². The van der Waals surface area contributed by atoms with Crippen LogP contribution in [0.2, 0.25) is 0 Å². The van der Waals surface area contributed by atoms with Gasteiger partial charge in [-0.1, -0.05) is 0 Å². The molecule has 0 aliphatic heterocycles. The van der Waals surface area contributed by atoms with E-state index in [1.54, 1.807) is 0 Å². The number of ketones is 1. The second-order valence-corrected chi connectivity index (χ2v) is 5.15. The summed E-state index contributed by atoms with van der Waals surface area (Å²) >= 11 is 0. The van der Waals surface area contributed by atoms with Gasteiger partial charge in [-0.25, -0.2) is 19.2 Å². The monoisotopic (exact) mass is 358 g/mol. The van der Waals surface area contributed by atoms with E-state index in [9.17, 15) is 24.0 Å². The lowest BCUT2D eigenvalue weighted by molar-refractivity contribution is 0.0676. The molecule has 0 spiro atoms. The first-order valence-corrected chi connectivity index (χ1v) is 6.88. The Hall–Kier alpha value is -4.01. The molecule has 0 saturated heterocycles. The Balaban J connectivity index is 2.65. The molecule has 0 amide bonds. The average Bonchev–Trinajstić information content (AvgIpc) is 2.59. The fourth-order valence-electron chi connectivity index (χ4n) is 2.18. The minimum Gasteiger partial charge on any atom is -0.478 e. The van der Waals surface area contributed by atoms with Crippen molar-refractivity contribution in [2.45, 2.75) is 0 Å². The standard InChI is InChI=1S/C17H10O9/c18-13(7-1-9(14(19)20)5-10(2-7)15(21)22)8-3-11(16(23)24)6-12(4-8)17(25)26/h1-6H,(H,19,20)(H,21,22)(H,23,24)(H,25,26). The van der Waals surface area contributed by atoms with Crippen LogP contribution >= 0.6 is 0 Å². The Bertz CT molecular complexity index is 830. The molecule has 26 heavy (non-hydrogen) atoms. The summed E-state index contributed by atoms with van der Waals surface area (Å²) in [5, 5.41) is 36.2. The van der Waals surface area contributed by atoms with Crippen molar-refractivity contribution in [1.82, 2.24) is 0 Å². The smallest absolute Gasteiger partial charge is 0.335 e. The SMILES string of the molecule is O=C(O)c1cc(C(=O)O)cc(C(=O)c2cc(C(=O)O)cc(C(=O)O)c2)c1. The first-order valence-electron chi connectivity index (χ1n) is 6.88. The van der Waals surface area contributed by atoms with Crippen LogP contribution in [0.25, 0.3) is 0 Å². The van der Waals surface area contributed by atoms with Crippen LogP contribution in [-0.4, -0.2) is 50.1 Å². The Morgan fingerprint density at radius 2 is 0.615 bits per heavy atom. The topological polar surface area (TPSA) is 166 Å². The van der Waals surface area contributed by atoms with Gasteiger partial charge in [0.1, 0.15) is 0 Å². The van der Waals surface area contributed by atoms with E-state index < -0.39 is 51.9 Å². The number of rotatable bonds is 6. The zero-order chi connectivity index (χ0) is 19.6. The Kier molecular flexibility index (Phi) is 4.83. The van der Waals surface area contributed by atoms with E-state index in [1.807, 2.05) is 0 Å². The molecule has 0 aliphatic carbocycles. The van der Waals surface area contributed by atoms with Gasteiger partial charge in [0.25, 0.3) is 0 Å². The normalized spacial score (nSPS) is 10.2. The van der Waals surface area contributed by atoms with Crippen LogP contribution < -0.4 is 0 Å². The van der Waals surface area contributed by atoms with E-state index in [0.29, 0.717) is 0 Å². The largest absolute Gasteiger partial charge is 0.478 e. The summed E-state index contributed by atoms with van der Waals surface area (Å²) in [5.41, 5.74) is -2.49. The number of carboxylic acids is 4. The number of carbonyl (C=O) groups excluding carboxylic acids is 1. The first-order chi connectivity index (χ1) is 12.1. The third-order valence-corrected chi connectivity index (χ3v) is 3.38. The molecule has 0 bridgehead atoms. The van der Waals surface area contributed by atoms with Crippen LogP contribution in [0.4, 0.5) is 0 Å². The van der Waals surface area contributed by atoms with Gasteiger partial charge in [-0.2, -0.15) is 0 Å².